The lowest BCUT2D eigenvalue weighted by Crippen LogP contribution is -2.25. The van der Waals surface area contributed by atoms with Gasteiger partial charge in [0.25, 0.3) is 5.91 Å². The van der Waals surface area contributed by atoms with E-state index in [1.807, 2.05) is 6.07 Å². The van der Waals surface area contributed by atoms with Crippen molar-refractivity contribution in [2.45, 2.75) is 25.3 Å². The van der Waals surface area contributed by atoms with Gasteiger partial charge in [0.05, 0.1) is 10.7 Å². The van der Waals surface area contributed by atoms with E-state index in [1.165, 1.54) is 16.2 Å². The summed E-state index contributed by atoms with van der Waals surface area (Å²) >= 11 is 3.19. The standard InChI is InChI=1S/C14H17N3OS2/c15-11-8-12(16-6-5-10-2-1-7-19-10)20-13(11)14(18)17-9-3-4-9/h1-2,7-9,16H,3-6,15H2,(H,17,18). The molecule has 1 aliphatic rings. The predicted molar refractivity (Wildman–Crippen MR) is 85.7 cm³/mol. The van der Waals surface area contributed by atoms with Crippen molar-refractivity contribution in [2.75, 3.05) is 17.6 Å². The summed E-state index contributed by atoms with van der Waals surface area (Å²) in [5.74, 6) is -0.0405. The van der Waals surface area contributed by atoms with Crippen LogP contribution in [-0.4, -0.2) is 18.5 Å². The first-order chi connectivity index (χ1) is 9.72. The number of hydrogen-bond donors (Lipinski definition) is 3. The van der Waals surface area contributed by atoms with Gasteiger partial charge in [-0.05, 0) is 36.8 Å². The Balaban J connectivity index is 1.55. The lowest BCUT2D eigenvalue weighted by molar-refractivity contribution is 0.0956. The second kappa shape index (κ2) is 5.85. The van der Waals surface area contributed by atoms with Gasteiger partial charge in [-0.3, -0.25) is 4.79 Å². The number of carbonyl (C=O) groups is 1. The van der Waals surface area contributed by atoms with E-state index in [1.54, 1.807) is 11.3 Å². The van der Waals surface area contributed by atoms with Gasteiger partial charge in [0, 0.05) is 17.5 Å². The van der Waals surface area contributed by atoms with Crippen molar-refractivity contribution in [3.63, 3.8) is 0 Å². The van der Waals surface area contributed by atoms with Crippen LogP contribution in [-0.2, 0) is 6.42 Å². The topological polar surface area (TPSA) is 67.1 Å². The Labute approximate surface area is 126 Å². The molecule has 1 saturated carbocycles. The number of nitrogen functional groups attached to an aromatic ring is 1. The zero-order valence-electron chi connectivity index (χ0n) is 11.0. The highest BCUT2D eigenvalue weighted by atomic mass is 32.1. The van der Waals surface area contributed by atoms with Crippen LogP contribution in [0.5, 0.6) is 0 Å². The third-order valence-corrected chi connectivity index (χ3v) is 5.17. The second-order valence-corrected chi connectivity index (χ2v) is 6.98. The lowest BCUT2D eigenvalue weighted by atomic mass is 10.3. The molecule has 0 saturated heterocycles. The molecule has 0 atom stereocenters. The van der Waals surface area contributed by atoms with Crippen LogP contribution < -0.4 is 16.4 Å². The molecule has 0 aliphatic heterocycles. The van der Waals surface area contributed by atoms with E-state index in [9.17, 15) is 4.79 Å². The highest BCUT2D eigenvalue weighted by Crippen LogP contribution is 2.30. The average Bonchev–Trinajstić information content (AvgIpc) is 2.94. The summed E-state index contributed by atoms with van der Waals surface area (Å²) in [6.45, 7) is 0.851. The summed E-state index contributed by atoms with van der Waals surface area (Å²) in [6.07, 6.45) is 3.16. The minimum atomic E-state index is -0.0405. The Bertz CT molecular complexity index is 588. The zero-order chi connectivity index (χ0) is 13.9. The molecule has 2 aromatic heterocycles. The van der Waals surface area contributed by atoms with Gasteiger partial charge in [-0.2, -0.15) is 0 Å². The largest absolute Gasteiger partial charge is 0.397 e. The maximum absolute atomic E-state index is 12.0. The number of nitrogens with one attached hydrogen (secondary N) is 2. The molecule has 4 nitrogen and oxygen atoms in total. The molecular formula is C14H17N3OS2. The molecule has 1 amide bonds. The number of thiophene rings is 2. The van der Waals surface area contributed by atoms with Crippen molar-refractivity contribution in [2.24, 2.45) is 0 Å². The Hall–Kier alpha value is -1.53. The molecule has 2 aromatic rings. The number of nitrogens with two attached hydrogens (primary N) is 1. The van der Waals surface area contributed by atoms with E-state index in [2.05, 4.69) is 28.1 Å². The first-order valence-electron chi connectivity index (χ1n) is 6.69. The Morgan fingerprint density at radius 2 is 2.30 bits per heavy atom. The fourth-order valence-electron chi connectivity index (χ4n) is 1.91. The van der Waals surface area contributed by atoms with Gasteiger partial charge in [0.1, 0.15) is 4.88 Å². The molecule has 0 radical (unpaired) electrons. The van der Waals surface area contributed by atoms with Crippen LogP contribution in [0.1, 0.15) is 27.4 Å². The summed E-state index contributed by atoms with van der Waals surface area (Å²) < 4.78 is 0. The van der Waals surface area contributed by atoms with E-state index in [4.69, 9.17) is 5.73 Å². The normalized spacial score (nSPS) is 14.2. The fourth-order valence-corrected chi connectivity index (χ4v) is 3.53. The maximum atomic E-state index is 12.0. The van der Waals surface area contributed by atoms with Gasteiger partial charge in [-0.1, -0.05) is 6.07 Å². The van der Waals surface area contributed by atoms with Crippen molar-refractivity contribution >= 4 is 39.3 Å². The third-order valence-electron chi connectivity index (χ3n) is 3.13. The summed E-state index contributed by atoms with van der Waals surface area (Å²) in [4.78, 5) is 14.0. The molecule has 0 spiro atoms. The fraction of sp³-hybridized carbons (Fsp3) is 0.357. The van der Waals surface area contributed by atoms with Crippen LogP contribution in [0, 0.1) is 0 Å². The van der Waals surface area contributed by atoms with Crippen LogP contribution in [0.4, 0.5) is 10.7 Å². The minimum Gasteiger partial charge on any atom is -0.397 e. The number of carbonyl (C=O) groups excluding carboxylic acids is 1. The first kappa shape index (κ1) is 13.5. The molecule has 20 heavy (non-hydrogen) atoms. The quantitative estimate of drug-likeness (QED) is 0.768. The Morgan fingerprint density at radius 3 is 3.00 bits per heavy atom. The SMILES string of the molecule is Nc1cc(NCCc2cccs2)sc1C(=O)NC1CC1. The predicted octanol–water partition coefficient (Wildman–Crippen LogP) is 2.94. The summed E-state index contributed by atoms with van der Waals surface area (Å²) in [5, 5.41) is 9.34. The van der Waals surface area contributed by atoms with Crippen LogP contribution in [0.15, 0.2) is 23.6 Å². The molecule has 6 heteroatoms. The van der Waals surface area contributed by atoms with Crippen molar-refractivity contribution in [1.29, 1.82) is 0 Å². The molecular weight excluding hydrogens is 290 g/mol. The Kier molecular flexibility index (Phi) is 3.93. The summed E-state index contributed by atoms with van der Waals surface area (Å²) in [5.41, 5.74) is 6.48. The highest BCUT2D eigenvalue weighted by Gasteiger charge is 2.25. The zero-order valence-corrected chi connectivity index (χ0v) is 12.7. The van der Waals surface area contributed by atoms with E-state index >= 15 is 0 Å². The number of amides is 1. The van der Waals surface area contributed by atoms with Crippen LogP contribution in [0.25, 0.3) is 0 Å². The number of hydrogen-bond acceptors (Lipinski definition) is 5. The van der Waals surface area contributed by atoms with Gasteiger partial charge in [-0.15, -0.1) is 22.7 Å². The van der Waals surface area contributed by atoms with Crippen molar-refractivity contribution in [1.82, 2.24) is 5.32 Å². The van der Waals surface area contributed by atoms with Gasteiger partial charge >= 0.3 is 0 Å². The maximum Gasteiger partial charge on any atom is 0.263 e. The second-order valence-electron chi connectivity index (χ2n) is 4.90. The number of rotatable bonds is 6. The van der Waals surface area contributed by atoms with Crippen LogP contribution in [0.2, 0.25) is 0 Å². The third kappa shape index (κ3) is 3.32. The molecule has 3 rings (SSSR count). The summed E-state index contributed by atoms with van der Waals surface area (Å²) in [7, 11) is 0. The highest BCUT2D eigenvalue weighted by molar-refractivity contribution is 7.18. The van der Waals surface area contributed by atoms with Crippen molar-refractivity contribution in [3.8, 4) is 0 Å². The molecule has 1 aliphatic carbocycles. The molecule has 1 fully saturated rings. The lowest BCUT2D eigenvalue weighted by Gasteiger charge is -2.02. The van der Waals surface area contributed by atoms with E-state index in [0.717, 1.165) is 30.8 Å². The van der Waals surface area contributed by atoms with Crippen molar-refractivity contribution in [3.05, 3.63) is 33.3 Å². The van der Waals surface area contributed by atoms with E-state index in [-0.39, 0.29) is 5.91 Å². The number of anilines is 2. The minimum absolute atomic E-state index is 0.0405. The van der Waals surface area contributed by atoms with Crippen LogP contribution in [0.3, 0.4) is 0 Å². The molecule has 0 unspecified atom stereocenters. The van der Waals surface area contributed by atoms with Crippen molar-refractivity contribution < 1.29 is 4.79 Å². The van der Waals surface area contributed by atoms with E-state index in [0.29, 0.717) is 16.6 Å². The van der Waals surface area contributed by atoms with Gasteiger partial charge < -0.3 is 16.4 Å². The van der Waals surface area contributed by atoms with E-state index < -0.39 is 0 Å². The average molecular weight is 307 g/mol. The molecule has 106 valence electrons. The first-order valence-corrected chi connectivity index (χ1v) is 8.38. The van der Waals surface area contributed by atoms with Gasteiger partial charge in [0.15, 0.2) is 0 Å². The smallest absolute Gasteiger partial charge is 0.263 e. The molecule has 0 bridgehead atoms. The Morgan fingerprint density at radius 1 is 1.45 bits per heavy atom. The van der Waals surface area contributed by atoms with Gasteiger partial charge in [-0.25, -0.2) is 0 Å². The monoisotopic (exact) mass is 307 g/mol. The molecule has 4 N–H and O–H groups in total. The molecule has 0 aromatic carbocycles. The molecule has 2 heterocycles. The van der Waals surface area contributed by atoms with Crippen LogP contribution >= 0.6 is 22.7 Å². The van der Waals surface area contributed by atoms with Gasteiger partial charge in [0.2, 0.25) is 0 Å². The summed E-state index contributed by atoms with van der Waals surface area (Å²) in [6, 6.07) is 6.40.